The SMILES string of the molecule is Cc1ccc(-c2nn(-c3ccccc3)cc2C(=O)Nc2ccccc2Cl)cc1C. The largest absolute Gasteiger partial charge is 0.321 e. The summed E-state index contributed by atoms with van der Waals surface area (Å²) in [6.07, 6.45) is 1.76. The van der Waals surface area contributed by atoms with Crippen LogP contribution in [0.25, 0.3) is 16.9 Å². The van der Waals surface area contributed by atoms with E-state index in [0.717, 1.165) is 16.8 Å². The summed E-state index contributed by atoms with van der Waals surface area (Å²) in [4.78, 5) is 13.1. The van der Waals surface area contributed by atoms with Crippen LogP contribution >= 0.6 is 11.6 Å². The van der Waals surface area contributed by atoms with Crippen molar-refractivity contribution < 1.29 is 4.79 Å². The van der Waals surface area contributed by atoms with Crippen LogP contribution in [0, 0.1) is 13.8 Å². The van der Waals surface area contributed by atoms with Gasteiger partial charge in [0.25, 0.3) is 5.91 Å². The molecule has 0 bridgehead atoms. The van der Waals surface area contributed by atoms with Gasteiger partial charge >= 0.3 is 0 Å². The molecule has 1 amide bonds. The number of aromatic nitrogens is 2. The lowest BCUT2D eigenvalue weighted by Gasteiger charge is -2.08. The van der Waals surface area contributed by atoms with Gasteiger partial charge in [0.1, 0.15) is 5.69 Å². The Hall–Kier alpha value is -3.37. The van der Waals surface area contributed by atoms with Crippen LogP contribution in [0.15, 0.2) is 79.0 Å². The van der Waals surface area contributed by atoms with Gasteiger partial charge in [-0.2, -0.15) is 5.10 Å². The first kappa shape index (κ1) is 19.0. The Balaban J connectivity index is 1.80. The third-order valence-corrected chi connectivity index (χ3v) is 5.21. The number of amides is 1. The Morgan fingerprint density at radius 2 is 1.66 bits per heavy atom. The van der Waals surface area contributed by atoms with Gasteiger partial charge in [0.15, 0.2) is 0 Å². The van der Waals surface area contributed by atoms with Crippen LogP contribution in [0.1, 0.15) is 21.5 Å². The first-order valence-electron chi connectivity index (χ1n) is 9.31. The highest BCUT2D eigenvalue weighted by Gasteiger charge is 2.20. The number of carbonyl (C=O) groups is 1. The zero-order valence-electron chi connectivity index (χ0n) is 16.2. The van der Waals surface area contributed by atoms with Crippen LogP contribution in [-0.2, 0) is 0 Å². The fraction of sp³-hybridized carbons (Fsp3) is 0.0833. The molecule has 0 spiro atoms. The number of aryl methyl sites for hydroxylation is 2. The van der Waals surface area contributed by atoms with Crippen molar-refractivity contribution in [3.05, 3.63) is 101 Å². The molecule has 0 saturated carbocycles. The minimum absolute atomic E-state index is 0.256. The van der Waals surface area contributed by atoms with Gasteiger partial charge in [-0.1, -0.05) is 54.1 Å². The smallest absolute Gasteiger partial charge is 0.259 e. The first-order valence-corrected chi connectivity index (χ1v) is 9.69. The number of hydrogen-bond acceptors (Lipinski definition) is 2. The predicted molar refractivity (Wildman–Crippen MR) is 118 cm³/mol. The molecular weight excluding hydrogens is 382 g/mol. The molecule has 144 valence electrons. The summed E-state index contributed by atoms with van der Waals surface area (Å²) < 4.78 is 1.73. The minimum atomic E-state index is -0.256. The highest BCUT2D eigenvalue weighted by molar-refractivity contribution is 6.34. The highest BCUT2D eigenvalue weighted by atomic mass is 35.5. The van der Waals surface area contributed by atoms with E-state index in [1.165, 1.54) is 5.56 Å². The second-order valence-corrected chi connectivity index (χ2v) is 7.31. The summed E-state index contributed by atoms with van der Waals surface area (Å²) in [5.41, 5.74) is 5.80. The number of benzene rings is 3. The maximum absolute atomic E-state index is 13.1. The second kappa shape index (κ2) is 7.94. The average Bonchev–Trinajstić information content (AvgIpc) is 3.18. The topological polar surface area (TPSA) is 46.9 Å². The van der Waals surface area contributed by atoms with Crippen molar-refractivity contribution in [2.24, 2.45) is 0 Å². The predicted octanol–water partition coefficient (Wildman–Crippen LogP) is 6.06. The Morgan fingerprint density at radius 3 is 2.38 bits per heavy atom. The Bertz CT molecular complexity index is 1180. The lowest BCUT2D eigenvalue weighted by Crippen LogP contribution is -2.12. The molecule has 0 radical (unpaired) electrons. The van der Waals surface area contributed by atoms with Crippen molar-refractivity contribution in [3.63, 3.8) is 0 Å². The normalized spacial score (nSPS) is 10.7. The van der Waals surface area contributed by atoms with Crippen molar-refractivity contribution in [1.29, 1.82) is 0 Å². The van der Waals surface area contributed by atoms with Gasteiger partial charge in [0.2, 0.25) is 0 Å². The van der Waals surface area contributed by atoms with Crippen molar-refractivity contribution in [2.45, 2.75) is 13.8 Å². The van der Waals surface area contributed by atoms with Gasteiger partial charge in [-0.15, -0.1) is 0 Å². The van der Waals surface area contributed by atoms with Crippen LogP contribution in [0.2, 0.25) is 5.02 Å². The molecule has 0 fully saturated rings. The number of nitrogens with zero attached hydrogens (tertiary/aromatic N) is 2. The summed E-state index contributed by atoms with van der Waals surface area (Å²) in [5.74, 6) is -0.256. The molecule has 0 aliphatic heterocycles. The van der Waals surface area contributed by atoms with Crippen molar-refractivity contribution in [1.82, 2.24) is 9.78 Å². The van der Waals surface area contributed by atoms with Crippen molar-refractivity contribution in [2.75, 3.05) is 5.32 Å². The van der Waals surface area contributed by atoms with Crippen LogP contribution in [0.4, 0.5) is 5.69 Å². The van der Waals surface area contributed by atoms with Gasteiger partial charge in [-0.3, -0.25) is 4.79 Å². The third kappa shape index (κ3) is 3.93. The molecule has 4 aromatic rings. The van der Waals surface area contributed by atoms with Gasteiger partial charge < -0.3 is 5.32 Å². The fourth-order valence-corrected chi connectivity index (χ4v) is 3.29. The van der Waals surface area contributed by atoms with E-state index < -0.39 is 0 Å². The van der Waals surface area contributed by atoms with E-state index in [1.54, 1.807) is 23.0 Å². The molecular formula is C24H20ClN3O. The molecule has 1 N–H and O–H groups in total. The molecule has 29 heavy (non-hydrogen) atoms. The number of para-hydroxylation sites is 2. The summed E-state index contributed by atoms with van der Waals surface area (Å²) >= 11 is 6.22. The van der Waals surface area contributed by atoms with Gasteiger partial charge in [-0.25, -0.2) is 4.68 Å². The monoisotopic (exact) mass is 401 g/mol. The second-order valence-electron chi connectivity index (χ2n) is 6.90. The summed E-state index contributed by atoms with van der Waals surface area (Å²) in [5, 5.41) is 8.12. The number of nitrogens with one attached hydrogen (secondary N) is 1. The minimum Gasteiger partial charge on any atom is -0.321 e. The maximum Gasteiger partial charge on any atom is 0.259 e. The van der Waals surface area contributed by atoms with Crippen LogP contribution < -0.4 is 5.32 Å². The molecule has 4 rings (SSSR count). The summed E-state index contributed by atoms with van der Waals surface area (Å²) in [7, 11) is 0. The highest BCUT2D eigenvalue weighted by Crippen LogP contribution is 2.28. The molecule has 0 aliphatic rings. The van der Waals surface area contributed by atoms with Crippen LogP contribution in [0.3, 0.4) is 0 Å². The summed E-state index contributed by atoms with van der Waals surface area (Å²) in [6.45, 7) is 4.11. The molecule has 0 saturated heterocycles. The van der Waals surface area contributed by atoms with Crippen LogP contribution in [-0.4, -0.2) is 15.7 Å². The number of rotatable bonds is 4. The van der Waals surface area contributed by atoms with Crippen molar-refractivity contribution in [3.8, 4) is 16.9 Å². The van der Waals surface area contributed by atoms with Crippen LogP contribution in [0.5, 0.6) is 0 Å². The molecule has 3 aromatic carbocycles. The Morgan fingerprint density at radius 1 is 0.931 bits per heavy atom. The standard InChI is InChI=1S/C24H20ClN3O/c1-16-12-13-18(14-17(16)2)23-20(15-28(27-23)19-8-4-3-5-9-19)24(29)26-22-11-7-6-10-21(22)25/h3-15H,1-2H3,(H,26,29). The van der Waals surface area contributed by atoms with Crippen molar-refractivity contribution >= 4 is 23.2 Å². The molecule has 5 heteroatoms. The number of anilines is 1. The summed E-state index contributed by atoms with van der Waals surface area (Å²) in [6, 6.07) is 23.0. The Labute approximate surface area is 174 Å². The molecule has 1 aromatic heterocycles. The third-order valence-electron chi connectivity index (χ3n) is 4.88. The van der Waals surface area contributed by atoms with Gasteiger partial charge in [0, 0.05) is 11.8 Å². The molecule has 1 heterocycles. The quantitative estimate of drug-likeness (QED) is 0.451. The lowest BCUT2D eigenvalue weighted by molar-refractivity contribution is 0.102. The molecule has 0 atom stereocenters. The van der Waals surface area contributed by atoms with E-state index >= 15 is 0 Å². The zero-order valence-corrected chi connectivity index (χ0v) is 16.9. The Kier molecular flexibility index (Phi) is 5.19. The van der Waals surface area contributed by atoms with E-state index in [1.807, 2.05) is 54.6 Å². The number of carbonyl (C=O) groups excluding carboxylic acids is 1. The van der Waals surface area contributed by atoms with E-state index in [-0.39, 0.29) is 5.91 Å². The van der Waals surface area contributed by atoms with E-state index in [4.69, 9.17) is 16.7 Å². The molecule has 0 unspecified atom stereocenters. The van der Waals surface area contributed by atoms with E-state index in [9.17, 15) is 4.79 Å². The number of hydrogen-bond donors (Lipinski definition) is 1. The maximum atomic E-state index is 13.1. The van der Waals surface area contributed by atoms with Gasteiger partial charge in [-0.05, 0) is 55.3 Å². The average molecular weight is 402 g/mol. The number of halogens is 1. The van der Waals surface area contributed by atoms with Gasteiger partial charge in [0.05, 0.1) is 22.0 Å². The van der Waals surface area contributed by atoms with E-state index in [0.29, 0.717) is 22.0 Å². The van der Waals surface area contributed by atoms with E-state index in [2.05, 4.69) is 25.2 Å². The zero-order chi connectivity index (χ0) is 20.4. The fourth-order valence-electron chi connectivity index (χ4n) is 3.11. The molecule has 0 aliphatic carbocycles. The molecule has 4 nitrogen and oxygen atoms in total. The first-order chi connectivity index (χ1) is 14.0. The lowest BCUT2D eigenvalue weighted by atomic mass is 10.0.